The molecule has 0 aliphatic heterocycles. The van der Waals surface area contributed by atoms with Crippen LogP contribution in [0.4, 0.5) is 14.5 Å². The van der Waals surface area contributed by atoms with Crippen LogP contribution in [-0.2, 0) is 14.8 Å². The lowest BCUT2D eigenvalue weighted by Gasteiger charge is -2.09. The van der Waals surface area contributed by atoms with Crippen LogP contribution in [0.5, 0.6) is 0 Å². The fourth-order valence-corrected chi connectivity index (χ4v) is 2.91. The van der Waals surface area contributed by atoms with Gasteiger partial charge in [-0.05, 0) is 47.5 Å². The molecule has 0 radical (unpaired) electrons. The van der Waals surface area contributed by atoms with E-state index < -0.39 is 26.9 Å². The number of carbonyl (C=O) groups excluding carboxylic acids is 1. The Morgan fingerprint density at radius 3 is 2.52 bits per heavy atom. The predicted molar refractivity (Wildman–Crippen MR) is 83.5 cm³/mol. The molecule has 0 aliphatic carbocycles. The van der Waals surface area contributed by atoms with Gasteiger partial charge in [0.05, 0.1) is 10.6 Å². The van der Waals surface area contributed by atoms with E-state index in [9.17, 15) is 22.0 Å². The largest absolute Gasteiger partial charge is 0.277 e. The second-order valence-electron chi connectivity index (χ2n) is 4.44. The highest BCUT2D eigenvalue weighted by Crippen LogP contribution is 2.21. The molecule has 2 rings (SSSR count). The number of allylic oxidation sites excluding steroid dienone is 1. The first kappa shape index (κ1) is 17.1. The monoisotopic (exact) mass is 357 g/mol. The average molecular weight is 358 g/mol. The highest BCUT2D eigenvalue weighted by molar-refractivity contribution is 7.92. The fourth-order valence-electron chi connectivity index (χ4n) is 1.72. The lowest BCUT2D eigenvalue weighted by atomic mass is 10.2. The van der Waals surface area contributed by atoms with Gasteiger partial charge in [-0.1, -0.05) is 18.2 Å². The van der Waals surface area contributed by atoms with Crippen LogP contribution in [0.3, 0.4) is 0 Å². The lowest BCUT2D eigenvalue weighted by Crippen LogP contribution is -2.14. The molecule has 0 bridgehead atoms. The SMILES string of the molecule is O=C(Cl)/C=C/c1cccc(S(=O)(=O)Nc2ccc(F)cc2F)c1. The van der Waals surface area contributed by atoms with E-state index >= 15 is 0 Å². The summed E-state index contributed by atoms with van der Waals surface area (Å²) in [5, 5.41) is -0.704. The van der Waals surface area contributed by atoms with Crippen molar-refractivity contribution >= 4 is 38.6 Å². The van der Waals surface area contributed by atoms with Crippen molar-refractivity contribution in [2.45, 2.75) is 4.90 Å². The Bertz CT molecular complexity index is 882. The summed E-state index contributed by atoms with van der Waals surface area (Å²) in [5.74, 6) is -1.85. The summed E-state index contributed by atoms with van der Waals surface area (Å²) < 4.78 is 52.9. The smallest absolute Gasteiger partial charge is 0.262 e. The molecule has 0 saturated heterocycles. The molecule has 0 aliphatic rings. The molecule has 0 aromatic heterocycles. The van der Waals surface area contributed by atoms with Crippen molar-refractivity contribution in [1.82, 2.24) is 0 Å². The molecule has 0 heterocycles. The number of hydrogen-bond acceptors (Lipinski definition) is 3. The van der Waals surface area contributed by atoms with Gasteiger partial charge in [0.1, 0.15) is 11.6 Å². The highest BCUT2D eigenvalue weighted by atomic mass is 35.5. The number of halogens is 3. The Morgan fingerprint density at radius 1 is 1.13 bits per heavy atom. The van der Waals surface area contributed by atoms with Crippen LogP contribution < -0.4 is 4.72 Å². The zero-order chi connectivity index (χ0) is 17.0. The first-order valence-corrected chi connectivity index (χ1v) is 8.09. The predicted octanol–water partition coefficient (Wildman–Crippen LogP) is 3.54. The van der Waals surface area contributed by atoms with Crippen molar-refractivity contribution in [2.75, 3.05) is 4.72 Å². The van der Waals surface area contributed by atoms with E-state index in [0.29, 0.717) is 11.6 Å². The van der Waals surface area contributed by atoms with Crippen LogP contribution in [0.2, 0.25) is 0 Å². The summed E-state index contributed by atoms with van der Waals surface area (Å²) >= 11 is 5.17. The van der Waals surface area contributed by atoms with Gasteiger partial charge >= 0.3 is 0 Å². The minimum absolute atomic E-state index is 0.148. The fraction of sp³-hybridized carbons (Fsp3) is 0. The second kappa shape index (κ2) is 6.89. The van der Waals surface area contributed by atoms with Crippen LogP contribution in [0.25, 0.3) is 6.08 Å². The quantitative estimate of drug-likeness (QED) is 0.657. The highest BCUT2D eigenvalue weighted by Gasteiger charge is 2.16. The van der Waals surface area contributed by atoms with E-state index in [1.165, 1.54) is 24.3 Å². The van der Waals surface area contributed by atoms with Crippen molar-refractivity contribution in [3.8, 4) is 0 Å². The van der Waals surface area contributed by atoms with Crippen molar-refractivity contribution in [2.24, 2.45) is 0 Å². The van der Waals surface area contributed by atoms with Crippen molar-refractivity contribution in [3.63, 3.8) is 0 Å². The van der Waals surface area contributed by atoms with Crippen molar-refractivity contribution in [3.05, 3.63) is 65.7 Å². The molecule has 0 fully saturated rings. The minimum Gasteiger partial charge on any atom is -0.277 e. The first-order valence-electron chi connectivity index (χ1n) is 6.23. The number of sulfonamides is 1. The summed E-state index contributed by atoms with van der Waals surface area (Å²) in [5.41, 5.74) is 0.0461. The molecule has 120 valence electrons. The molecule has 0 saturated carbocycles. The van der Waals surface area contributed by atoms with Crippen LogP contribution in [0.15, 0.2) is 53.4 Å². The van der Waals surface area contributed by atoms with Gasteiger partial charge in [0.2, 0.25) is 5.24 Å². The Kier molecular flexibility index (Phi) is 5.12. The van der Waals surface area contributed by atoms with Gasteiger partial charge in [0, 0.05) is 6.07 Å². The van der Waals surface area contributed by atoms with Gasteiger partial charge in [0.15, 0.2) is 0 Å². The van der Waals surface area contributed by atoms with Gasteiger partial charge in [-0.2, -0.15) is 0 Å². The number of hydrogen-bond donors (Lipinski definition) is 1. The van der Waals surface area contributed by atoms with Crippen LogP contribution in [-0.4, -0.2) is 13.7 Å². The maximum absolute atomic E-state index is 13.6. The van der Waals surface area contributed by atoms with Gasteiger partial charge in [-0.15, -0.1) is 0 Å². The number of carbonyl (C=O) groups is 1. The minimum atomic E-state index is -4.07. The molecular weight excluding hydrogens is 348 g/mol. The Labute approximate surface area is 136 Å². The van der Waals surface area contributed by atoms with E-state index in [1.54, 1.807) is 6.07 Å². The number of nitrogens with one attached hydrogen (secondary N) is 1. The lowest BCUT2D eigenvalue weighted by molar-refractivity contribution is -0.107. The zero-order valence-electron chi connectivity index (χ0n) is 11.5. The third-order valence-corrected chi connectivity index (χ3v) is 4.24. The molecule has 4 nitrogen and oxygen atoms in total. The van der Waals surface area contributed by atoms with E-state index in [2.05, 4.69) is 0 Å². The third-order valence-electron chi connectivity index (χ3n) is 2.75. The van der Waals surface area contributed by atoms with E-state index in [4.69, 9.17) is 11.6 Å². The maximum Gasteiger partial charge on any atom is 0.262 e. The van der Waals surface area contributed by atoms with Gasteiger partial charge in [0.25, 0.3) is 10.0 Å². The van der Waals surface area contributed by atoms with E-state index in [-0.39, 0.29) is 10.6 Å². The van der Waals surface area contributed by atoms with Gasteiger partial charge < -0.3 is 0 Å². The Morgan fingerprint density at radius 2 is 1.87 bits per heavy atom. The van der Waals surface area contributed by atoms with E-state index in [1.807, 2.05) is 4.72 Å². The van der Waals surface area contributed by atoms with Crippen LogP contribution >= 0.6 is 11.6 Å². The average Bonchev–Trinajstić information content (AvgIpc) is 2.48. The molecule has 2 aromatic carbocycles. The molecule has 23 heavy (non-hydrogen) atoms. The number of benzene rings is 2. The van der Waals surface area contributed by atoms with Gasteiger partial charge in [-0.25, -0.2) is 17.2 Å². The second-order valence-corrected chi connectivity index (χ2v) is 6.49. The number of anilines is 1. The molecule has 0 atom stereocenters. The zero-order valence-corrected chi connectivity index (χ0v) is 13.0. The van der Waals surface area contributed by atoms with Gasteiger partial charge in [-0.3, -0.25) is 9.52 Å². The summed E-state index contributed by atoms with van der Waals surface area (Å²) in [7, 11) is -4.07. The number of rotatable bonds is 5. The molecule has 8 heteroatoms. The molecule has 1 N–H and O–H groups in total. The van der Waals surface area contributed by atoms with Crippen molar-refractivity contribution < 1.29 is 22.0 Å². The Hall–Kier alpha value is -2.25. The van der Waals surface area contributed by atoms with E-state index in [0.717, 1.165) is 18.2 Å². The molecular formula is C15H10ClF2NO3S. The van der Waals surface area contributed by atoms with Crippen molar-refractivity contribution in [1.29, 1.82) is 0 Å². The molecule has 0 spiro atoms. The topological polar surface area (TPSA) is 63.2 Å². The maximum atomic E-state index is 13.6. The third kappa shape index (κ3) is 4.61. The molecule has 2 aromatic rings. The standard InChI is InChI=1S/C15H10ClF2NO3S/c16-15(20)7-4-10-2-1-3-12(8-10)23(21,22)19-14-6-5-11(17)9-13(14)18/h1-9,19H/b7-4+. The summed E-state index contributed by atoms with van der Waals surface area (Å²) in [6.45, 7) is 0. The Balaban J connectivity index is 2.32. The van der Waals surface area contributed by atoms with Crippen LogP contribution in [0, 0.1) is 11.6 Å². The molecule has 0 unspecified atom stereocenters. The summed E-state index contributed by atoms with van der Waals surface area (Å²) in [6.07, 6.45) is 2.41. The first-order chi connectivity index (χ1) is 10.8. The summed E-state index contributed by atoms with van der Waals surface area (Å²) in [6, 6.07) is 8.08. The summed E-state index contributed by atoms with van der Waals surface area (Å²) in [4.78, 5) is 10.5. The normalized spacial score (nSPS) is 11.6. The van der Waals surface area contributed by atoms with Crippen LogP contribution in [0.1, 0.15) is 5.56 Å². The molecule has 0 amide bonds.